The molecule has 0 bridgehead atoms. The van der Waals surface area contributed by atoms with E-state index in [1.807, 2.05) is 43.3 Å². The standard InChI is InChI=1S/C28H20FN5O/c1-18-27(16-31-34(18)17-20-8-6-19(15-30)7-9-20)33-28(35)24-14-26(21-10-12-22(29)13-11-21)32-25-5-3-2-4-23(24)25/h2-14,16H,17H2,1H3,(H,33,35). The van der Waals surface area contributed by atoms with Gasteiger partial charge in [-0.15, -0.1) is 0 Å². The zero-order valence-corrected chi connectivity index (χ0v) is 18.9. The maximum absolute atomic E-state index is 13.4. The van der Waals surface area contributed by atoms with Crippen molar-refractivity contribution in [1.29, 1.82) is 5.26 Å². The van der Waals surface area contributed by atoms with E-state index >= 15 is 0 Å². The van der Waals surface area contributed by atoms with Gasteiger partial charge in [-0.2, -0.15) is 10.4 Å². The summed E-state index contributed by atoms with van der Waals surface area (Å²) in [7, 11) is 0. The maximum Gasteiger partial charge on any atom is 0.256 e. The highest BCUT2D eigenvalue weighted by Crippen LogP contribution is 2.26. The molecule has 3 aromatic carbocycles. The van der Waals surface area contributed by atoms with E-state index in [4.69, 9.17) is 5.26 Å². The molecular formula is C28H20FN5O. The molecule has 0 aliphatic heterocycles. The van der Waals surface area contributed by atoms with Crippen LogP contribution in [-0.2, 0) is 6.54 Å². The SMILES string of the molecule is Cc1c(NC(=O)c2cc(-c3ccc(F)cc3)nc3ccccc23)cnn1Cc1ccc(C#N)cc1. The fourth-order valence-electron chi connectivity index (χ4n) is 3.91. The van der Waals surface area contributed by atoms with E-state index in [2.05, 4.69) is 21.5 Å². The highest BCUT2D eigenvalue weighted by Gasteiger charge is 2.17. The van der Waals surface area contributed by atoms with Crippen LogP contribution >= 0.6 is 0 Å². The lowest BCUT2D eigenvalue weighted by molar-refractivity contribution is 0.102. The van der Waals surface area contributed by atoms with E-state index in [1.54, 1.807) is 41.2 Å². The molecule has 1 N–H and O–H groups in total. The number of hydrogen-bond acceptors (Lipinski definition) is 4. The molecule has 2 aromatic heterocycles. The number of halogens is 1. The first-order chi connectivity index (χ1) is 17.0. The minimum absolute atomic E-state index is 0.284. The van der Waals surface area contributed by atoms with Gasteiger partial charge in [-0.25, -0.2) is 9.37 Å². The topological polar surface area (TPSA) is 83.6 Å². The number of para-hydroxylation sites is 1. The summed E-state index contributed by atoms with van der Waals surface area (Å²) in [4.78, 5) is 18.1. The molecule has 0 radical (unpaired) electrons. The Morgan fingerprint density at radius 3 is 2.54 bits per heavy atom. The molecule has 5 rings (SSSR count). The third-order valence-corrected chi connectivity index (χ3v) is 5.87. The number of hydrogen-bond donors (Lipinski definition) is 1. The highest BCUT2D eigenvalue weighted by atomic mass is 19.1. The third kappa shape index (κ3) is 4.50. The number of rotatable bonds is 5. The molecule has 0 saturated carbocycles. The predicted octanol–water partition coefficient (Wildman–Crippen LogP) is 5.72. The predicted molar refractivity (Wildman–Crippen MR) is 132 cm³/mol. The zero-order chi connectivity index (χ0) is 24.4. The van der Waals surface area contributed by atoms with E-state index in [-0.39, 0.29) is 11.7 Å². The molecule has 170 valence electrons. The van der Waals surface area contributed by atoms with Gasteiger partial charge in [-0.05, 0) is 61.0 Å². The normalized spacial score (nSPS) is 10.8. The van der Waals surface area contributed by atoms with E-state index < -0.39 is 0 Å². The monoisotopic (exact) mass is 461 g/mol. The molecule has 0 spiro atoms. The van der Waals surface area contributed by atoms with Crippen LogP contribution in [0.2, 0.25) is 0 Å². The number of aromatic nitrogens is 3. The number of carbonyl (C=O) groups is 1. The lowest BCUT2D eigenvalue weighted by atomic mass is 10.0. The number of anilines is 1. The molecule has 1 amide bonds. The molecule has 7 heteroatoms. The largest absolute Gasteiger partial charge is 0.319 e. The van der Waals surface area contributed by atoms with Crippen LogP contribution < -0.4 is 5.32 Å². The number of amides is 1. The summed E-state index contributed by atoms with van der Waals surface area (Å²) in [6, 6.07) is 24.6. The number of nitriles is 1. The lowest BCUT2D eigenvalue weighted by Gasteiger charge is -2.11. The van der Waals surface area contributed by atoms with Crippen molar-refractivity contribution in [2.45, 2.75) is 13.5 Å². The Labute approximate surface area is 201 Å². The first-order valence-corrected chi connectivity index (χ1v) is 11.0. The van der Waals surface area contributed by atoms with Crippen molar-refractivity contribution >= 4 is 22.5 Å². The number of nitrogens with zero attached hydrogens (tertiary/aromatic N) is 4. The molecule has 6 nitrogen and oxygen atoms in total. The van der Waals surface area contributed by atoms with Crippen molar-refractivity contribution in [3.05, 3.63) is 113 Å². The first kappa shape index (κ1) is 22.0. The van der Waals surface area contributed by atoms with Gasteiger partial charge in [0.25, 0.3) is 5.91 Å². The van der Waals surface area contributed by atoms with E-state index in [0.717, 1.165) is 22.2 Å². The Hall–Kier alpha value is -4.83. The molecule has 0 atom stereocenters. The molecule has 0 saturated heterocycles. The average Bonchev–Trinajstić information content (AvgIpc) is 3.22. The van der Waals surface area contributed by atoms with E-state index in [0.29, 0.717) is 34.6 Å². The fourth-order valence-corrected chi connectivity index (χ4v) is 3.91. The van der Waals surface area contributed by atoms with Crippen LogP contribution in [-0.4, -0.2) is 20.7 Å². The van der Waals surface area contributed by atoms with Crippen molar-refractivity contribution in [2.24, 2.45) is 0 Å². The van der Waals surface area contributed by atoms with Gasteiger partial charge in [0.15, 0.2) is 0 Å². The van der Waals surface area contributed by atoms with Gasteiger partial charge in [0.05, 0.1) is 52.5 Å². The summed E-state index contributed by atoms with van der Waals surface area (Å²) in [5, 5.41) is 17.1. The second-order valence-corrected chi connectivity index (χ2v) is 8.14. The highest BCUT2D eigenvalue weighted by molar-refractivity contribution is 6.13. The van der Waals surface area contributed by atoms with Crippen molar-refractivity contribution < 1.29 is 9.18 Å². The molecule has 0 unspecified atom stereocenters. The summed E-state index contributed by atoms with van der Waals surface area (Å²) in [5.74, 6) is -0.617. The molecule has 2 heterocycles. The second kappa shape index (κ2) is 9.20. The van der Waals surface area contributed by atoms with Gasteiger partial charge in [-0.3, -0.25) is 9.48 Å². The smallest absolute Gasteiger partial charge is 0.256 e. The van der Waals surface area contributed by atoms with Crippen LogP contribution in [0.25, 0.3) is 22.2 Å². The van der Waals surface area contributed by atoms with Crippen molar-refractivity contribution in [3.63, 3.8) is 0 Å². The fraction of sp³-hybridized carbons (Fsp3) is 0.0714. The Morgan fingerprint density at radius 1 is 1.06 bits per heavy atom. The van der Waals surface area contributed by atoms with Gasteiger partial charge < -0.3 is 5.32 Å². The van der Waals surface area contributed by atoms with E-state index in [9.17, 15) is 9.18 Å². The Balaban J connectivity index is 1.45. The number of nitrogens with one attached hydrogen (secondary N) is 1. The van der Waals surface area contributed by atoms with Crippen LogP contribution in [0.1, 0.15) is 27.2 Å². The minimum atomic E-state index is -0.332. The summed E-state index contributed by atoms with van der Waals surface area (Å²) >= 11 is 0. The number of fused-ring (bicyclic) bond motifs is 1. The van der Waals surface area contributed by atoms with E-state index in [1.165, 1.54) is 12.1 Å². The Kier molecular flexibility index (Phi) is 5.78. The Bertz CT molecular complexity index is 1580. The van der Waals surface area contributed by atoms with Gasteiger partial charge >= 0.3 is 0 Å². The van der Waals surface area contributed by atoms with Crippen LogP contribution in [0.3, 0.4) is 0 Å². The number of benzene rings is 3. The van der Waals surface area contributed by atoms with Crippen LogP contribution in [0.5, 0.6) is 0 Å². The van der Waals surface area contributed by atoms with Gasteiger partial charge in [-0.1, -0.05) is 30.3 Å². The van der Waals surface area contributed by atoms with Gasteiger partial charge in [0.2, 0.25) is 0 Å². The molecule has 35 heavy (non-hydrogen) atoms. The summed E-state index contributed by atoms with van der Waals surface area (Å²) in [6.07, 6.45) is 1.63. The molecular weight excluding hydrogens is 441 g/mol. The van der Waals surface area contributed by atoms with Gasteiger partial charge in [0, 0.05) is 10.9 Å². The van der Waals surface area contributed by atoms with Crippen LogP contribution in [0, 0.1) is 24.1 Å². The molecule has 0 fully saturated rings. The summed E-state index contributed by atoms with van der Waals surface area (Å²) in [6.45, 7) is 2.40. The average molecular weight is 462 g/mol. The quantitative estimate of drug-likeness (QED) is 0.363. The number of pyridine rings is 1. The molecule has 0 aliphatic carbocycles. The first-order valence-electron chi connectivity index (χ1n) is 11.0. The van der Waals surface area contributed by atoms with Crippen molar-refractivity contribution in [2.75, 3.05) is 5.32 Å². The van der Waals surface area contributed by atoms with Crippen LogP contribution in [0.4, 0.5) is 10.1 Å². The minimum Gasteiger partial charge on any atom is -0.319 e. The van der Waals surface area contributed by atoms with Crippen LogP contribution in [0.15, 0.2) is 85.1 Å². The third-order valence-electron chi connectivity index (χ3n) is 5.87. The van der Waals surface area contributed by atoms with Crippen molar-refractivity contribution in [1.82, 2.24) is 14.8 Å². The summed E-state index contributed by atoms with van der Waals surface area (Å²) in [5.41, 5.74) is 5.45. The second-order valence-electron chi connectivity index (χ2n) is 8.14. The number of carbonyl (C=O) groups excluding carboxylic acids is 1. The molecule has 0 aliphatic rings. The zero-order valence-electron chi connectivity index (χ0n) is 18.9. The maximum atomic E-state index is 13.4. The van der Waals surface area contributed by atoms with Crippen molar-refractivity contribution in [3.8, 4) is 17.3 Å². The summed E-state index contributed by atoms with van der Waals surface area (Å²) < 4.78 is 15.2. The van der Waals surface area contributed by atoms with Gasteiger partial charge in [0.1, 0.15) is 5.82 Å². The Morgan fingerprint density at radius 2 is 1.80 bits per heavy atom. The molecule has 5 aromatic rings. The lowest BCUT2D eigenvalue weighted by Crippen LogP contribution is -2.14.